The van der Waals surface area contributed by atoms with Crippen LogP contribution in [0.3, 0.4) is 0 Å². The van der Waals surface area contributed by atoms with Gasteiger partial charge in [0, 0.05) is 22.8 Å². The molecule has 16 heavy (non-hydrogen) atoms. The van der Waals surface area contributed by atoms with Crippen LogP contribution in [0.2, 0.25) is 0 Å². The zero-order valence-corrected chi connectivity index (χ0v) is 10.4. The van der Waals surface area contributed by atoms with E-state index in [1.165, 1.54) is 12.1 Å². The second-order valence-electron chi connectivity index (χ2n) is 3.91. The minimum Gasteiger partial charge on any atom is -0.396 e. The van der Waals surface area contributed by atoms with E-state index in [4.69, 9.17) is 10.8 Å². The van der Waals surface area contributed by atoms with Gasteiger partial charge in [0.05, 0.1) is 0 Å². The Hall–Kier alpha value is -0.580. The van der Waals surface area contributed by atoms with Crippen LogP contribution in [0.25, 0.3) is 0 Å². The molecular weight excluding hydrogens is 225 g/mol. The lowest BCUT2D eigenvalue weighted by Crippen LogP contribution is -2.08. The lowest BCUT2D eigenvalue weighted by atomic mass is 10.1. The summed E-state index contributed by atoms with van der Waals surface area (Å²) in [7, 11) is 0. The zero-order chi connectivity index (χ0) is 12.1. The first-order valence-corrected chi connectivity index (χ1v) is 6.25. The lowest BCUT2D eigenvalue weighted by molar-refractivity contribution is 0.289. The molecule has 0 fully saturated rings. The largest absolute Gasteiger partial charge is 0.396 e. The molecule has 2 nitrogen and oxygen atoms in total. The summed E-state index contributed by atoms with van der Waals surface area (Å²) in [6, 6.07) is 4.50. The van der Waals surface area contributed by atoms with Gasteiger partial charge in [-0.1, -0.05) is 6.92 Å². The topological polar surface area (TPSA) is 46.2 Å². The molecule has 1 aromatic rings. The molecule has 0 amide bonds. The van der Waals surface area contributed by atoms with E-state index in [9.17, 15) is 4.39 Å². The van der Waals surface area contributed by atoms with Crippen molar-refractivity contribution in [2.45, 2.75) is 36.5 Å². The Morgan fingerprint density at radius 3 is 2.69 bits per heavy atom. The number of thioether (sulfide) groups is 1. The molecule has 0 spiro atoms. The van der Waals surface area contributed by atoms with Crippen molar-refractivity contribution < 1.29 is 9.50 Å². The Morgan fingerprint density at radius 1 is 1.44 bits per heavy atom. The van der Waals surface area contributed by atoms with Gasteiger partial charge in [-0.2, -0.15) is 0 Å². The van der Waals surface area contributed by atoms with Crippen LogP contribution in [-0.4, -0.2) is 17.0 Å². The predicted octanol–water partition coefficient (Wildman–Crippen LogP) is 2.71. The molecule has 0 saturated heterocycles. The number of aliphatic hydroxyl groups is 1. The smallest absolute Gasteiger partial charge is 0.123 e. The highest BCUT2D eigenvalue weighted by Gasteiger charge is 2.11. The lowest BCUT2D eigenvalue weighted by Gasteiger charge is -2.15. The van der Waals surface area contributed by atoms with Crippen LogP contribution in [0.15, 0.2) is 23.1 Å². The summed E-state index contributed by atoms with van der Waals surface area (Å²) in [5.74, 6) is -0.258. The molecule has 1 rings (SSSR count). The molecule has 0 heterocycles. The Morgan fingerprint density at radius 2 is 2.12 bits per heavy atom. The second kappa shape index (κ2) is 6.23. The Kier molecular flexibility index (Phi) is 5.25. The first-order valence-electron chi connectivity index (χ1n) is 5.37. The summed E-state index contributed by atoms with van der Waals surface area (Å²) < 4.78 is 13.1. The maximum atomic E-state index is 13.1. The van der Waals surface area contributed by atoms with Crippen molar-refractivity contribution in [3.63, 3.8) is 0 Å². The first kappa shape index (κ1) is 13.5. The quantitative estimate of drug-likeness (QED) is 0.782. The molecule has 0 saturated carbocycles. The average molecular weight is 243 g/mol. The zero-order valence-electron chi connectivity index (χ0n) is 9.61. The molecule has 0 radical (unpaired) electrons. The SMILES string of the molecule is CC(CCO)Sc1ccc(F)cc1C(C)N. The standard InChI is InChI=1S/C12H18FNOS/c1-8(5-6-15)16-12-4-3-10(13)7-11(12)9(2)14/h3-4,7-9,15H,5-6,14H2,1-2H3. The van der Waals surface area contributed by atoms with Gasteiger partial charge in [-0.05, 0) is 37.1 Å². The van der Waals surface area contributed by atoms with Gasteiger partial charge in [-0.15, -0.1) is 11.8 Å². The summed E-state index contributed by atoms with van der Waals surface area (Å²) in [6.45, 7) is 4.05. The summed E-state index contributed by atoms with van der Waals surface area (Å²) in [4.78, 5) is 0.998. The minimum absolute atomic E-state index is 0.170. The highest BCUT2D eigenvalue weighted by molar-refractivity contribution is 8.00. The van der Waals surface area contributed by atoms with E-state index in [1.807, 2.05) is 13.8 Å². The van der Waals surface area contributed by atoms with Crippen LogP contribution < -0.4 is 5.73 Å². The van der Waals surface area contributed by atoms with Crippen molar-refractivity contribution in [1.29, 1.82) is 0 Å². The summed E-state index contributed by atoms with van der Waals surface area (Å²) >= 11 is 1.63. The van der Waals surface area contributed by atoms with Gasteiger partial charge in [0.2, 0.25) is 0 Å². The third-order valence-corrected chi connectivity index (χ3v) is 3.59. The molecule has 4 heteroatoms. The fraction of sp³-hybridized carbons (Fsp3) is 0.500. The van der Waals surface area contributed by atoms with E-state index in [0.717, 1.165) is 16.9 Å². The van der Waals surface area contributed by atoms with Gasteiger partial charge in [0.1, 0.15) is 5.82 Å². The van der Waals surface area contributed by atoms with Gasteiger partial charge in [-0.3, -0.25) is 0 Å². The molecule has 3 N–H and O–H groups in total. The van der Waals surface area contributed by atoms with Crippen molar-refractivity contribution in [3.05, 3.63) is 29.6 Å². The molecular formula is C12H18FNOS. The van der Waals surface area contributed by atoms with Gasteiger partial charge in [0.15, 0.2) is 0 Å². The van der Waals surface area contributed by atoms with Gasteiger partial charge in [0.25, 0.3) is 0 Å². The minimum atomic E-state index is -0.258. The normalized spacial score (nSPS) is 14.8. The molecule has 0 aromatic heterocycles. The van der Waals surface area contributed by atoms with Crippen LogP contribution in [0.4, 0.5) is 4.39 Å². The van der Waals surface area contributed by atoms with E-state index in [2.05, 4.69) is 0 Å². The fourth-order valence-corrected chi connectivity index (χ4v) is 2.62. The summed E-state index contributed by atoms with van der Waals surface area (Å²) in [5, 5.41) is 9.14. The molecule has 2 atom stereocenters. The molecule has 1 aromatic carbocycles. The van der Waals surface area contributed by atoms with E-state index >= 15 is 0 Å². The van der Waals surface area contributed by atoms with Crippen LogP contribution >= 0.6 is 11.8 Å². The number of aliphatic hydroxyl groups excluding tert-OH is 1. The van der Waals surface area contributed by atoms with Crippen LogP contribution in [0.1, 0.15) is 31.9 Å². The number of hydrogen-bond donors (Lipinski definition) is 2. The number of hydrogen-bond acceptors (Lipinski definition) is 3. The van der Waals surface area contributed by atoms with E-state index < -0.39 is 0 Å². The van der Waals surface area contributed by atoms with Crippen molar-refractivity contribution in [2.75, 3.05) is 6.61 Å². The van der Waals surface area contributed by atoms with E-state index in [-0.39, 0.29) is 18.5 Å². The summed E-state index contributed by atoms with van der Waals surface area (Å²) in [6.07, 6.45) is 0.723. The Balaban J connectivity index is 2.86. The van der Waals surface area contributed by atoms with Gasteiger partial charge >= 0.3 is 0 Å². The van der Waals surface area contributed by atoms with Crippen LogP contribution in [-0.2, 0) is 0 Å². The number of rotatable bonds is 5. The molecule has 0 aliphatic heterocycles. The van der Waals surface area contributed by atoms with Gasteiger partial charge in [-0.25, -0.2) is 4.39 Å². The Labute approximate surface area is 100 Å². The van der Waals surface area contributed by atoms with E-state index in [0.29, 0.717) is 5.25 Å². The van der Waals surface area contributed by atoms with Crippen molar-refractivity contribution in [2.24, 2.45) is 5.73 Å². The number of nitrogens with two attached hydrogens (primary N) is 1. The highest BCUT2D eigenvalue weighted by atomic mass is 32.2. The predicted molar refractivity (Wildman–Crippen MR) is 66.0 cm³/mol. The third-order valence-electron chi connectivity index (χ3n) is 2.33. The monoisotopic (exact) mass is 243 g/mol. The second-order valence-corrected chi connectivity index (χ2v) is 5.39. The highest BCUT2D eigenvalue weighted by Crippen LogP contribution is 2.31. The van der Waals surface area contributed by atoms with Crippen molar-refractivity contribution in [1.82, 2.24) is 0 Å². The summed E-state index contributed by atoms with van der Waals surface area (Å²) in [5.41, 5.74) is 6.63. The van der Waals surface area contributed by atoms with Crippen molar-refractivity contribution >= 4 is 11.8 Å². The average Bonchev–Trinajstić information content (AvgIpc) is 2.20. The molecule has 2 unspecified atom stereocenters. The maximum absolute atomic E-state index is 13.1. The first-order chi connectivity index (χ1) is 7.54. The van der Waals surface area contributed by atoms with Gasteiger partial charge < -0.3 is 10.8 Å². The Bertz CT molecular complexity index is 344. The van der Waals surface area contributed by atoms with Crippen LogP contribution in [0.5, 0.6) is 0 Å². The van der Waals surface area contributed by atoms with Crippen molar-refractivity contribution in [3.8, 4) is 0 Å². The number of benzene rings is 1. The molecule has 90 valence electrons. The van der Waals surface area contributed by atoms with Crippen LogP contribution in [0, 0.1) is 5.82 Å². The molecule has 0 aliphatic rings. The maximum Gasteiger partial charge on any atom is 0.123 e. The third kappa shape index (κ3) is 3.77. The van der Waals surface area contributed by atoms with E-state index in [1.54, 1.807) is 17.8 Å². The number of halogens is 1. The fourth-order valence-electron chi connectivity index (χ4n) is 1.44. The molecule has 0 aliphatic carbocycles. The molecule has 0 bridgehead atoms.